The SMILES string of the molecule is CC=NB(N)NC. The summed E-state index contributed by atoms with van der Waals surface area (Å²) < 4.78 is 0. The maximum atomic E-state index is 5.27. The summed E-state index contributed by atoms with van der Waals surface area (Å²) in [5.41, 5.74) is 5.27. The average molecular weight is 98.9 g/mol. The molecule has 0 saturated carbocycles. The van der Waals surface area contributed by atoms with Gasteiger partial charge in [-0.15, -0.1) is 0 Å². The number of nitrogens with one attached hydrogen (secondary N) is 1. The summed E-state index contributed by atoms with van der Waals surface area (Å²) >= 11 is 0. The molecule has 3 nitrogen and oxygen atoms in total. The Kier molecular flexibility index (Phi) is 3.64. The summed E-state index contributed by atoms with van der Waals surface area (Å²) in [5.74, 6) is 0. The quantitative estimate of drug-likeness (QED) is 0.353. The Morgan fingerprint density at radius 2 is 2.43 bits per heavy atom. The number of hydrogen-bond acceptors (Lipinski definition) is 3. The Hall–Kier alpha value is -0.345. The molecule has 0 unspecified atom stereocenters. The number of nitrogens with two attached hydrogens (primary N) is 1. The van der Waals surface area contributed by atoms with E-state index in [1.165, 1.54) is 0 Å². The molecule has 0 amide bonds. The maximum absolute atomic E-state index is 5.27. The van der Waals surface area contributed by atoms with Gasteiger partial charge in [0.15, 0.2) is 0 Å². The van der Waals surface area contributed by atoms with Crippen LogP contribution in [0.3, 0.4) is 0 Å². The van der Waals surface area contributed by atoms with Gasteiger partial charge in [-0.1, -0.05) is 0 Å². The van der Waals surface area contributed by atoms with Crippen molar-refractivity contribution in [2.45, 2.75) is 6.92 Å². The first-order valence-corrected chi connectivity index (χ1v) is 2.22. The van der Waals surface area contributed by atoms with Crippen LogP contribution in [0.2, 0.25) is 0 Å². The highest BCUT2D eigenvalue weighted by molar-refractivity contribution is 6.51. The van der Waals surface area contributed by atoms with E-state index >= 15 is 0 Å². The molecule has 0 bridgehead atoms. The van der Waals surface area contributed by atoms with Gasteiger partial charge in [-0.3, -0.25) is 0 Å². The van der Waals surface area contributed by atoms with Crippen molar-refractivity contribution in [3.05, 3.63) is 0 Å². The van der Waals surface area contributed by atoms with E-state index in [0.29, 0.717) is 0 Å². The van der Waals surface area contributed by atoms with Crippen LogP contribution in [-0.4, -0.2) is 20.4 Å². The molecule has 0 fully saturated rings. The lowest BCUT2D eigenvalue weighted by Gasteiger charge is -1.92. The van der Waals surface area contributed by atoms with Gasteiger partial charge in [0.1, 0.15) is 0 Å². The lowest BCUT2D eigenvalue weighted by atomic mass is 10.0. The molecule has 0 aliphatic carbocycles. The Morgan fingerprint density at radius 1 is 1.86 bits per heavy atom. The molecule has 3 N–H and O–H groups in total. The van der Waals surface area contributed by atoms with E-state index in [1.54, 1.807) is 13.3 Å². The van der Waals surface area contributed by atoms with Crippen molar-refractivity contribution < 1.29 is 0 Å². The van der Waals surface area contributed by atoms with Gasteiger partial charge < -0.3 is 15.8 Å². The second-order valence-corrected chi connectivity index (χ2v) is 1.14. The molecule has 0 radical (unpaired) electrons. The minimum atomic E-state index is -0.231. The maximum Gasteiger partial charge on any atom is 0.446 e. The van der Waals surface area contributed by atoms with Crippen molar-refractivity contribution in [2.75, 3.05) is 7.05 Å². The van der Waals surface area contributed by atoms with Crippen LogP contribution >= 0.6 is 0 Å². The smallest absolute Gasteiger partial charge is 0.335 e. The van der Waals surface area contributed by atoms with Gasteiger partial charge in [0.25, 0.3) is 0 Å². The first-order valence-electron chi connectivity index (χ1n) is 2.22. The zero-order valence-corrected chi connectivity index (χ0v) is 4.68. The second-order valence-electron chi connectivity index (χ2n) is 1.14. The van der Waals surface area contributed by atoms with Crippen molar-refractivity contribution in [2.24, 2.45) is 10.5 Å². The molecule has 0 spiro atoms. The lowest BCUT2D eigenvalue weighted by molar-refractivity contribution is 1.18. The van der Waals surface area contributed by atoms with Crippen LogP contribution in [0.4, 0.5) is 0 Å². The predicted molar refractivity (Wildman–Crippen MR) is 33.2 cm³/mol. The molecular weight excluding hydrogens is 88.9 g/mol. The van der Waals surface area contributed by atoms with Crippen LogP contribution in [0.1, 0.15) is 6.92 Å². The lowest BCUT2D eigenvalue weighted by Crippen LogP contribution is -2.38. The Morgan fingerprint density at radius 3 is 2.57 bits per heavy atom. The molecule has 0 heterocycles. The Bertz CT molecular complexity index is 63.2. The summed E-state index contributed by atoms with van der Waals surface area (Å²) in [6, 6.07) is 0. The fourth-order valence-electron chi connectivity index (χ4n) is 0.235. The molecule has 0 rings (SSSR count). The van der Waals surface area contributed by atoms with E-state index < -0.39 is 0 Å². The third-order valence-electron chi connectivity index (χ3n) is 0.605. The molecule has 7 heavy (non-hydrogen) atoms. The van der Waals surface area contributed by atoms with E-state index in [1.807, 2.05) is 6.92 Å². The molecule has 0 atom stereocenters. The summed E-state index contributed by atoms with van der Waals surface area (Å²) in [6.07, 6.45) is 1.67. The van der Waals surface area contributed by atoms with Gasteiger partial charge in [-0.25, -0.2) is 0 Å². The van der Waals surface area contributed by atoms with Crippen molar-refractivity contribution >= 4 is 13.3 Å². The van der Waals surface area contributed by atoms with Gasteiger partial charge in [-0.2, -0.15) is 0 Å². The Labute approximate surface area is 44.1 Å². The number of rotatable bonds is 2. The van der Waals surface area contributed by atoms with E-state index in [0.717, 1.165) is 0 Å². The fraction of sp³-hybridized carbons (Fsp3) is 0.667. The largest absolute Gasteiger partial charge is 0.446 e. The molecule has 0 aliphatic rings. The molecule has 0 aromatic heterocycles. The zero-order chi connectivity index (χ0) is 5.70. The third kappa shape index (κ3) is 3.49. The molecule has 4 heteroatoms. The molecule has 0 saturated heterocycles. The number of nitrogens with zero attached hydrogens (tertiary/aromatic N) is 1. The molecular formula is C3H10BN3. The van der Waals surface area contributed by atoms with E-state index in [4.69, 9.17) is 5.64 Å². The van der Waals surface area contributed by atoms with Gasteiger partial charge in [0, 0.05) is 0 Å². The second kappa shape index (κ2) is 3.83. The minimum absolute atomic E-state index is 0.231. The minimum Gasteiger partial charge on any atom is -0.335 e. The topological polar surface area (TPSA) is 50.4 Å². The van der Waals surface area contributed by atoms with E-state index in [-0.39, 0.29) is 7.12 Å². The monoisotopic (exact) mass is 99.1 g/mol. The molecule has 0 aliphatic heterocycles. The normalized spacial score (nSPS) is 10.1. The van der Waals surface area contributed by atoms with Crippen LogP contribution in [0.15, 0.2) is 4.90 Å². The fourth-order valence-corrected chi connectivity index (χ4v) is 0.235. The van der Waals surface area contributed by atoms with E-state index in [9.17, 15) is 0 Å². The van der Waals surface area contributed by atoms with Crippen LogP contribution in [-0.2, 0) is 0 Å². The van der Waals surface area contributed by atoms with Crippen LogP contribution in [0, 0.1) is 0 Å². The van der Waals surface area contributed by atoms with Crippen molar-refractivity contribution in [3.63, 3.8) is 0 Å². The van der Waals surface area contributed by atoms with E-state index in [2.05, 4.69) is 10.1 Å². The van der Waals surface area contributed by atoms with Crippen molar-refractivity contribution in [1.82, 2.24) is 5.23 Å². The molecule has 0 aromatic rings. The highest BCUT2D eigenvalue weighted by atomic mass is 14.9. The first-order chi connectivity index (χ1) is 3.31. The van der Waals surface area contributed by atoms with Crippen molar-refractivity contribution in [3.8, 4) is 0 Å². The summed E-state index contributed by atoms with van der Waals surface area (Å²) in [7, 11) is 1.53. The van der Waals surface area contributed by atoms with Crippen molar-refractivity contribution in [1.29, 1.82) is 0 Å². The standard InChI is InChI=1S/C3H10BN3/c1-3-7-4(5)6-2/h3,6H,5H2,1-2H3. The highest BCUT2D eigenvalue weighted by Crippen LogP contribution is 1.59. The van der Waals surface area contributed by atoms with Gasteiger partial charge >= 0.3 is 7.12 Å². The van der Waals surface area contributed by atoms with Gasteiger partial charge in [-0.05, 0) is 20.2 Å². The van der Waals surface area contributed by atoms with Crippen LogP contribution in [0.5, 0.6) is 0 Å². The predicted octanol–water partition coefficient (Wildman–Crippen LogP) is -0.760. The highest BCUT2D eigenvalue weighted by Gasteiger charge is 1.96. The summed E-state index contributed by atoms with van der Waals surface area (Å²) in [4.78, 5) is 3.78. The van der Waals surface area contributed by atoms with Crippen LogP contribution in [0.25, 0.3) is 0 Å². The van der Waals surface area contributed by atoms with Gasteiger partial charge in [0.2, 0.25) is 0 Å². The average Bonchev–Trinajstić information content (AvgIpc) is 1.68. The van der Waals surface area contributed by atoms with Gasteiger partial charge in [0.05, 0.1) is 0 Å². The Balaban J connectivity index is 3.16. The number of hydrogen-bond donors (Lipinski definition) is 2. The summed E-state index contributed by atoms with van der Waals surface area (Å²) in [5, 5.41) is 2.75. The third-order valence-corrected chi connectivity index (χ3v) is 0.605. The first kappa shape index (κ1) is 6.65. The van der Waals surface area contributed by atoms with Crippen LogP contribution < -0.4 is 10.9 Å². The summed E-state index contributed by atoms with van der Waals surface area (Å²) in [6.45, 7) is 1.83. The molecule has 0 aromatic carbocycles. The molecule has 40 valence electrons. The zero-order valence-electron chi connectivity index (χ0n) is 4.68.